The van der Waals surface area contributed by atoms with Gasteiger partial charge in [-0.25, -0.2) is 0 Å². The molecule has 1 saturated carbocycles. The van der Waals surface area contributed by atoms with Gasteiger partial charge in [0.1, 0.15) is 0 Å². The molecule has 0 spiro atoms. The zero-order valence-corrected chi connectivity index (χ0v) is 16.6. The molecule has 2 N–H and O–H groups in total. The summed E-state index contributed by atoms with van der Waals surface area (Å²) in [6.45, 7) is 6.47. The highest BCUT2D eigenvalue weighted by atomic mass is 127. The van der Waals surface area contributed by atoms with Gasteiger partial charge in [0.2, 0.25) is 0 Å². The molecule has 0 aromatic heterocycles. The maximum absolute atomic E-state index is 9.91. The molecule has 0 aromatic rings. The first kappa shape index (κ1) is 20.0. The quantitative estimate of drug-likeness (QED) is 0.401. The second-order valence-electron chi connectivity index (χ2n) is 6.49. The third-order valence-electron chi connectivity index (χ3n) is 5.10. The highest BCUT2D eigenvalue weighted by molar-refractivity contribution is 14.0. The summed E-state index contributed by atoms with van der Waals surface area (Å²) in [5.41, 5.74) is 0. The SMILES string of the molecule is CCN1CCCC1CN(C)C(=NC)NCC1CCCC1O.I. The average Bonchev–Trinajstić information content (AvgIpc) is 3.08. The Kier molecular flexibility index (Phi) is 9.01. The van der Waals surface area contributed by atoms with Crippen LogP contribution in [0.15, 0.2) is 4.99 Å². The van der Waals surface area contributed by atoms with Crippen LogP contribution < -0.4 is 5.32 Å². The molecule has 3 atom stereocenters. The summed E-state index contributed by atoms with van der Waals surface area (Å²) < 4.78 is 0. The monoisotopic (exact) mass is 424 g/mol. The van der Waals surface area contributed by atoms with Crippen LogP contribution in [-0.2, 0) is 0 Å². The Labute approximate surface area is 152 Å². The molecule has 2 rings (SSSR count). The number of hydrogen-bond donors (Lipinski definition) is 2. The lowest BCUT2D eigenvalue weighted by molar-refractivity contribution is 0.133. The highest BCUT2D eigenvalue weighted by Gasteiger charge is 2.27. The second kappa shape index (κ2) is 9.93. The van der Waals surface area contributed by atoms with E-state index in [0.29, 0.717) is 12.0 Å². The third kappa shape index (κ3) is 5.23. The van der Waals surface area contributed by atoms with Crippen molar-refractivity contribution >= 4 is 29.9 Å². The molecule has 2 aliphatic rings. The summed E-state index contributed by atoms with van der Waals surface area (Å²) in [6, 6.07) is 0.649. The number of nitrogens with zero attached hydrogens (tertiary/aromatic N) is 3. The predicted molar refractivity (Wildman–Crippen MR) is 103 cm³/mol. The van der Waals surface area contributed by atoms with Crippen molar-refractivity contribution in [3.8, 4) is 0 Å². The topological polar surface area (TPSA) is 51.1 Å². The molecule has 1 heterocycles. The van der Waals surface area contributed by atoms with Crippen molar-refractivity contribution in [3.05, 3.63) is 0 Å². The molecule has 3 unspecified atom stereocenters. The molecule has 2 fully saturated rings. The highest BCUT2D eigenvalue weighted by Crippen LogP contribution is 2.24. The van der Waals surface area contributed by atoms with Crippen LogP contribution in [0.3, 0.4) is 0 Å². The van der Waals surface area contributed by atoms with E-state index in [1.807, 2.05) is 7.05 Å². The van der Waals surface area contributed by atoms with Crippen LogP contribution in [-0.4, -0.2) is 73.3 Å². The third-order valence-corrected chi connectivity index (χ3v) is 5.10. The summed E-state index contributed by atoms with van der Waals surface area (Å²) in [4.78, 5) is 9.19. The van der Waals surface area contributed by atoms with Crippen LogP contribution in [0.1, 0.15) is 39.0 Å². The van der Waals surface area contributed by atoms with Crippen molar-refractivity contribution in [1.29, 1.82) is 0 Å². The number of halogens is 1. The number of rotatable bonds is 5. The van der Waals surface area contributed by atoms with Gasteiger partial charge in [0.05, 0.1) is 6.10 Å². The number of aliphatic hydroxyl groups excluding tert-OH is 1. The van der Waals surface area contributed by atoms with Gasteiger partial charge < -0.3 is 15.3 Å². The Balaban J connectivity index is 0.00000242. The molecule has 5 nitrogen and oxygen atoms in total. The zero-order valence-electron chi connectivity index (χ0n) is 14.3. The molecule has 6 heteroatoms. The molecule has 130 valence electrons. The zero-order chi connectivity index (χ0) is 15.2. The number of nitrogens with one attached hydrogen (secondary N) is 1. The summed E-state index contributed by atoms with van der Waals surface area (Å²) in [5, 5.41) is 13.4. The molecular formula is C16H33IN4O. The van der Waals surface area contributed by atoms with E-state index >= 15 is 0 Å². The van der Waals surface area contributed by atoms with Gasteiger partial charge in [-0.15, -0.1) is 24.0 Å². The van der Waals surface area contributed by atoms with Crippen LogP contribution in [0.4, 0.5) is 0 Å². The van der Waals surface area contributed by atoms with Gasteiger partial charge in [-0.3, -0.25) is 9.89 Å². The fourth-order valence-electron chi connectivity index (χ4n) is 3.78. The summed E-state index contributed by atoms with van der Waals surface area (Å²) >= 11 is 0. The van der Waals surface area contributed by atoms with E-state index in [1.165, 1.54) is 19.4 Å². The van der Waals surface area contributed by atoms with Crippen molar-refractivity contribution in [2.24, 2.45) is 10.9 Å². The molecule has 1 saturated heterocycles. The first-order valence-corrected chi connectivity index (χ1v) is 8.49. The fraction of sp³-hybridized carbons (Fsp3) is 0.938. The minimum absolute atomic E-state index is 0. The lowest BCUT2D eigenvalue weighted by Crippen LogP contribution is -2.47. The van der Waals surface area contributed by atoms with Gasteiger partial charge in [-0.05, 0) is 38.8 Å². The lowest BCUT2D eigenvalue weighted by Gasteiger charge is -2.30. The van der Waals surface area contributed by atoms with Crippen LogP contribution >= 0.6 is 24.0 Å². The second-order valence-corrected chi connectivity index (χ2v) is 6.49. The van der Waals surface area contributed by atoms with Crippen molar-refractivity contribution < 1.29 is 5.11 Å². The Morgan fingerprint density at radius 2 is 2.09 bits per heavy atom. The van der Waals surface area contributed by atoms with Crippen molar-refractivity contribution in [2.75, 3.05) is 40.3 Å². The summed E-state index contributed by atoms with van der Waals surface area (Å²) in [5.74, 6) is 1.34. The molecule has 22 heavy (non-hydrogen) atoms. The number of likely N-dealkylation sites (tertiary alicyclic amines) is 1. The van der Waals surface area contributed by atoms with Crippen molar-refractivity contribution in [3.63, 3.8) is 0 Å². The van der Waals surface area contributed by atoms with Crippen LogP contribution in [0.5, 0.6) is 0 Å². The maximum atomic E-state index is 9.91. The minimum Gasteiger partial charge on any atom is -0.393 e. The van der Waals surface area contributed by atoms with E-state index < -0.39 is 0 Å². The average molecular weight is 424 g/mol. The lowest BCUT2D eigenvalue weighted by atomic mass is 10.1. The minimum atomic E-state index is -0.133. The Morgan fingerprint density at radius 3 is 2.68 bits per heavy atom. The Bertz CT molecular complexity index is 353. The number of aliphatic hydroxyl groups is 1. The van der Waals surface area contributed by atoms with Gasteiger partial charge in [0.15, 0.2) is 5.96 Å². The summed E-state index contributed by atoms with van der Waals surface area (Å²) in [7, 11) is 3.96. The van der Waals surface area contributed by atoms with E-state index in [9.17, 15) is 5.11 Å². The van der Waals surface area contributed by atoms with E-state index in [1.54, 1.807) is 0 Å². The number of aliphatic imine (C=N–C) groups is 1. The van der Waals surface area contributed by atoms with E-state index in [4.69, 9.17) is 0 Å². The fourth-order valence-corrected chi connectivity index (χ4v) is 3.78. The molecule has 1 aliphatic carbocycles. The molecule has 1 aliphatic heterocycles. The summed E-state index contributed by atoms with van der Waals surface area (Å²) in [6.07, 6.45) is 5.69. The molecule has 0 aromatic carbocycles. The van der Waals surface area contributed by atoms with Crippen molar-refractivity contribution in [1.82, 2.24) is 15.1 Å². The van der Waals surface area contributed by atoms with Crippen LogP contribution in [0.2, 0.25) is 0 Å². The van der Waals surface area contributed by atoms with Gasteiger partial charge in [-0.2, -0.15) is 0 Å². The Hall–Kier alpha value is -0.0800. The molecule has 0 radical (unpaired) electrons. The van der Waals surface area contributed by atoms with E-state index in [-0.39, 0.29) is 30.1 Å². The predicted octanol–water partition coefficient (Wildman–Crippen LogP) is 1.76. The normalized spacial score (nSPS) is 29.5. The molecule has 0 amide bonds. The van der Waals surface area contributed by atoms with Gasteiger partial charge in [0, 0.05) is 39.1 Å². The standard InChI is InChI=1S/C16H32N4O.HI/c1-4-20-10-6-8-14(20)12-19(3)16(17-2)18-11-13-7-5-9-15(13)21;/h13-15,21H,4-12H2,1-3H3,(H,17,18);1H. The molecular weight excluding hydrogens is 391 g/mol. The number of guanidine groups is 1. The van der Waals surface area contributed by atoms with Crippen LogP contribution in [0.25, 0.3) is 0 Å². The number of hydrogen-bond acceptors (Lipinski definition) is 3. The smallest absolute Gasteiger partial charge is 0.193 e. The number of likely N-dealkylation sites (N-methyl/N-ethyl adjacent to an activating group) is 2. The van der Waals surface area contributed by atoms with Crippen LogP contribution in [0, 0.1) is 5.92 Å². The van der Waals surface area contributed by atoms with E-state index in [0.717, 1.165) is 44.9 Å². The van der Waals surface area contributed by atoms with Gasteiger partial charge in [0.25, 0.3) is 0 Å². The Morgan fingerprint density at radius 1 is 1.32 bits per heavy atom. The maximum Gasteiger partial charge on any atom is 0.193 e. The largest absolute Gasteiger partial charge is 0.393 e. The van der Waals surface area contributed by atoms with Crippen molar-refractivity contribution in [2.45, 2.75) is 51.2 Å². The first-order valence-electron chi connectivity index (χ1n) is 8.49. The molecule has 0 bridgehead atoms. The first-order chi connectivity index (χ1) is 10.2. The van der Waals surface area contributed by atoms with Gasteiger partial charge >= 0.3 is 0 Å². The van der Waals surface area contributed by atoms with E-state index in [2.05, 4.69) is 34.1 Å². The van der Waals surface area contributed by atoms with Gasteiger partial charge in [-0.1, -0.05) is 13.3 Å².